The Labute approximate surface area is 95.1 Å². The Bertz CT molecular complexity index is 411. The standard InChI is InChI=1S/C12H15N3O/c1-9(16)10-4-6-15(8-10)12-3-2-5-14-11(12)7-13/h2-3,5,9-10,16H,4,6,8H2,1H3. The minimum Gasteiger partial charge on any atom is -0.393 e. The Morgan fingerprint density at radius 3 is 3.12 bits per heavy atom. The second kappa shape index (κ2) is 4.50. The van der Waals surface area contributed by atoms with Crippen molar-refractivity contribution in [3.63, 3.8) is 0 Å². The average Bonchev–Trinajstić information content (AvgIpc) is 2.78. The van der Waals surface area contributed by atoms with Crippen LogP contribution in [0, 0.1) is 17.2 Å². The zero-order valence-corrected chi connectivity index (χ0v) is 9.30. The van der Waals surface area contributed by atoms with Crippen LogP contribution in [0.1, 0.15) is 19.0 Å². The Kier molecular flexibility index (Phi) is 3.07. The molecule has 0 amide bonds. The maximum atomic E-state index is 9.54. The normalized spacial score (nSPS) is 21.8. The molecular formula is C12H15N3O. The minimum absolute atomic E-state index is 0.285. The Balaban J connectivity index is 2.18. The molecule has 0 spiro atoms. The van der Waals surface area contributed by atoms with Crippen LogP contribution in [0.4, 0.5) is 5.69 Å². The van der Waals surface area contributed by atoms with Crippen LogP contribution < -0.4 is 4.90 Å². The summed E-state index contributed by atoms with van der Waals surface area (Å²) in [5.41, 5.74) is 1.35. The summed E-state index contributed by atoms with van der Waals surface area (Å²) < 4.78 is 0. The van der Waals surface area contributed by atoms with Gasteiger partial charge in [0, 0.05) is 25.2 Å². The third-order valence-corrected chi connectivity index (χ3v) is 3.14. The summed E-state index contributed by atoms with van der Waals surface area (Å²) >= 11 is 0. The second-order valence-corrected chi connectivity index (χ2v) is 4.22. The van der Waals surface area contributed by atoms with E-state index >= 15 is 0 Å². The molecule has 2 rings (SSSR count). The second-order valence-electron chi connectivity index (χ2n) is 4.22. The summed E-state index contributed by atoms with van der Waals surface area (Å²) in [6, 6.07) is 5.85. The van der Waals surface area contributed by atoms with Crippen molar-refractivity contribution in [2.45, 2.75) is 19.4 Å². The first-order valence-corrected chi connectivity index (χ1v) is 5.50. The number of rotatable bonds is 2. The van der Waals surface area contributed by atoms with Gasteiger partial charge in [-0.1, -0.05) is 0 Å². The molecule has 0 aromatic carbocycles. The molecule has 2 unspecified atom stereocenters. The summed E-state index contributed by atoms with van der Waals surface area (Å²) in [6.45, 7) is 3.51. The highest BCUT2D eigenvalue weighted by molar-refractivity contribution is 5.56. The molecule has 84 valence electrons. The molecule has 0 saturated carbocycles. The lowest BCUT2D eigenvalue weighted by molar-refractivity contribution is 0.136. The van der Waals surface area contributed by atoms with Crippen molar-refractivity contribution in [2.75, 3.05) is 18.0 Å². The zero-order chi connectivity index (χ0) is 11.5. The predicted octanol–water partition coefficient (Wildman–Crippen LogP) is 1.16. The summed E-state index contributed by atoms with van der Waals surface area (Å²) in [6.07, 6.45) is 2.31. The molecule has 1 saturated heterocycles. The minimum atomic E-state index is -0.285. The predicted molar refractivity (Wildman–Crippen MR) is 61.0 cm³/mol. The number of hydrogen-bond acceptors (Lipinski definition) is 4. The monoisotopic (exact) mass is 217 g/mol. The van der Waals surface area contributed by atoms with E-state index in [0.717, 1.165) is 25.2 Å². The number of nitrogens with zero attached hydrogens (tertiary/aromatic N) is 3. The van der Waals surface area contributed by atoms with Gasteiger partial charge in [0.25, 0.3) is 0 Å². The molecule has 1 fully saturated rings. The van der Waals surface area contributed by atoms with Crippen molar-refractivity contribution >= 4 is 5.69 Å². The van der Waals surface area contributed by atoms with Crippen LogP contribution in [0.5, 0.6) is 0 Å². The van der Waals surface area contributed by atoms with Crippen molar-refractivity contribution in [1.29, 1.82) is 5.26 Å². The van der Waals surface area contributed by atoms with Gasteiger partial charge in [-0.15, -0.1) is 0 Å². The largest absolute Gasteiger partial charge is 0.393 e. The van der Waals surface area contributed by atoms with E-state index in [1.54, 1.807) is 6.20 Å². The van der Waals surface area contributed by atoms with E-state index < -0.39 is 0 Å². The van der Waals surface area contributed by atoms with Crippen molar-refractivity contribution in [1.82, 2.24) is 4.98 Å². The summed E-state index contributed by atoms with van der Waals surface area (Å²) in [7, 11) is 0. The molecule has 16 heavy (non-hydrogen) atoms. The van der Waals surface area contributed by atoms with Crippen LogP contribution in [0.3, 0.4) is 0 Å². The molecule has 1 aliphatic heterocycles. The first-order valence-electron chi connectivity index (χ1n) is 5.50. The molecular weight excluding hydrogens is 202 g/mol. The van der Waals surface area contributed by atoms with Crippen molar-refractivity contribution in [3.05, 3.63) is 24.0 Å². The van der Waals surface area contributed by atoms with Crippen LogP contribution in [-0.2, 0) is 0 Å². The molecule has 1 aromatic heterocycles. The lowest BCUT2D eigenvalue weighted by Gasteiger charge is -2.20. The molecule has 0 bridgehead atoms. The third kappa shape index (κ3) is 2.00. The summed E-state index contributed by atoms with van der Waals surface area (Å²) in [4.78, 5) is 6.17. The van der Waals surface area contributed by atoms with Gasteiger partial charge in [-0.3, -0.25) is 0 Å². The van der Waals surface area contributed by atoms with Crippen LogP contribution in [0.25, 0.3) is 0 Å². The van der Waals surface area contributed by atoms with E-state index in [4.69, 9.17) is 5.26 Å². The SMILES string of the molecule is CC(O)C1CCN(c2cccnc2C#N)C1. The smallest absolute Gasteiger partial charge is 0.163 e. The lowest BCUT2D eigenvalue weighted by Crippen LogP contribution is -2.24. The average molecular weight is 217 g/mol. The fourth-order valence-corrected chi connectivity index (χ4v) is 2.14. The van der Waals surface area contributed by atoms with E-state index in [2.05, 4.69) is 16.0 Å². The van der Waals surface area contributed by atoms with E-state index in [1.165, 1.54) is 0 Å². The van der Waals surface area contributed by atoms with Gasteiger partial charge in [0.05, 0.1) is 11.8 Å². The van der Waals surface area contributed by atoms with E-state index in [9.17, 15) is 5.11 Å². The highest BCUT2D eigenvalue weighted by Gasteiger charge is 2.27. The fraction of sp³-hybridized carbons (Fsp3) is 0.500. The highest BCUT2D eigenvalue weighted by Crippen LogP contribution is 2.27. The van der Waals surface area contributed by atoms with Gasteiger partial charge in [0.2, 0.25) is 0 Å². The lowest BCUT2D eigenvalue weighted by atomic mass is 10.0. The van der Waals surface area contributed by atoms with E-state index in [1.807, 2.05) is 19.1 Å². The number of pyridine rings is 1. The third-order valence-electron chi connectivity index (χ3n) is 3.14. The molecule has 1 aromatic rings. The number of hydrogen-bond donors (Lipinski definition) is 1. The number of aliphatic hydroxyl groups is 1. The van der Waals surface area contributed by atoms with Crippen LogP contribution in [0.15, 0.2) is 18.3 Å². The Morgan fingerprint density at radius 1 is 1.69 bits per heavy atom. The van der Waals surface area contributed by atoms with Gasteiger partial charge in [-0.05, 0) is 25.5 Å². The quantitative estimate of drug-likeness (QED) is 0.807. The van der Waals surface area contributed by atoms with Crippen LogP contribution in [-0.4, -0.2) is 29.3 Å². The molecule has 4 heteroatoms. The fourth-order valence-electron chi connectivity index (χ4n) is 2.14. The molecule has 0 radical (unpaired) electrons. The van der Waals surface area contributed by atoms with E-state index in [-0.39, 0.29) is 6.10 Å². The summed E-state index contributed by atoms with van der Waals surface area (Å²) in [5.74, 6) is 0.298. The van der Waals surface area contributed by atoms with Gasteiger partial charge >= 0.3 is 0 Å². The van der Waals surface area contributed by atoms with Crippen molar-refractivity contribution in [3.8, 4) is 6.07 Å². The van der Waals surface area contributed by atoms with Gasteiger partial charge in [-0.25, -0.2) is 4.98 Å². The van der Waals surface area contributed by atoms with Gasteiger partial charge in [0.15, 0.2) is 5.69 Å². The van der Waals surface area contributed by atoms with Crippen LogP contribution >= 0.6 is 0 Å². The highest BCUT2D eigenvalue weighted by atomic mass is 16.3. The first kappa shape index (κ1) is 10.9. The van der Waals surface area contributed by atoms with Crippen molar-refractivity contribution in [2.24, 2.45) is 5.92 Å². The molecule has 1 N–H and O–H groups in total. The molecule has 2 atom stereocenters. The van der Waals surface area contributed by atoms with Gasteiger partial charge in [-0.2, -0.15) is 5.26 Å². The van der Waals surface area contributed by atoms with Crippen LogP contribution in [0.2, 0.25) is 0 Å². The van der Waals surface area contributed by atoms with Gasteiger partial charge in [0.1, 0.15) is 6.07 Å². The first-order chi connectivity index (χ1) is 7.72. The Morgan fingerprint density at radius 2 is 2.50 bits per heavy atom. The molecule has 4 nitrogen and oxygen atoms in total. The van der Waals surface area contributed by atoms with Crippen molar-refractivity contribution < 1.29 is 5.11 Å². The zero-order valence-electron chi connectivity index (χ0n) is 9.30. The molecule has 1 aliphatic rings. The number of aliphatic hydroxyl groups excluding tert-OH is 1. The molecule has 0 aliphatic carbocycles. The number of anilines is 1. The molecule has 2 heterocycles. The topological polar surface area (TPSA) is 60.1 Å². The van der Waals surface area contributed by atoms with E-state index in [0.29, 0.717) is 11.6 Å². The number of aromatic nitrogens is 1. The summed E-state index contributed by atoms with van der Waals surface area (Å²) in [5, 5.41) is 18.5. The maximum absolute atomic E-state index is 9.54. The Hall–Kier alpha value is -1.60. The van der Waals surface area contributed by atoms with Gasteiger partial charge < -0.3 is 10.0 Å². The number of nitriles is 1. The maximum Gasteiger partial charge on any atom is 0.163 e.